The first-order valence-corrected chi connectivity index (χ1v) is 14.7. The summed E-state index contributed by atoms with van der Waals surface area (Å²) in [5.41, 5.74) is 4.23. The number of hydrogen-bond acceptors (Lipinski definition) is 7. The molecule has 3 amide bonds. The molecule has 43 heavy (non-hydrogen) atoms. The van der Waals surface area contributed by atoms with Gasteiger partial charge in [-0.05, 0) is 92.5 Å². The van der Waals surface area contributed by atoms with E-state index in [0.29, 0.717) is 55.0 Å². The molecule has 1 aliphatic heterocycles. The van der Waals surface area contributed by atoms with E-state index in [0.717, 1.165) is 28.7 Å². The lowest BCUT2D eigenvalue weighted by Gasteiger charge is -2.37. The van der Waals surface area contributed by atoms with Gasteiger partial charge in [0.1, 0.15) is 11.9 Å². The Morgan fingerprint density at radius 1 is 1.07 bits per heavy atom. The number of nitrogens with one attached hydrogen (secondary N) is 4. The lowest BCUT2D eigenvalue weighted by atomic mass is 9.67. The number of aromatic amines is 1. The predicted octanol–water partition coefficient (Wildman–Crippen LogP) is 2.15. The highest BCUT2D eigenvalue weighted by atomic mass is 16.2. The van der Waals surface area contributed by atoms with Crippen LogP contribution in [0.25, 0.3) is 0 Å². The fraction of sp³-hybridized carbons (Fsp3) is 0.438. The molecule has 1 fully saturated rings. The molecule has 1 aromatic heterocycles. The maximum atomic E-state index is 13.1. The molecule has 224 valence electrons. The van der Waals surface area contributed by atoms with Crippen LogP contribution in [-0.4, -0.2) is 77.1 Å². The van der Waals surface area contributed by atoms with Crippen molar-refractivity contribution in [1.82, 2.24) is 36.0 Å². The number of likely N-dealkylation sites (tertiary alicyclic amines) is 1. The van der Waals surface area contributed by atoms with E-state index in [1.807, 2.05) is 50.2 Å². The van der Waals surface area contributed by atoms with E-state index in [9.17, 15) is 19.6 Å². The Morgan fingerprint density at radius 3 is 2.19 bits per heavy atom. The SMILES string of the molecule is CNC(=O)c1ccc2c(c1)CCc1cc(C(=O)NC)ccc1C2(C[C@@H](C)NCC(=O)N1CCC[C@H]1C#N)c1n[nH]c(C)n1. The van der Waals surface area contributed by atoms with Crippen LogP contribution in [-0.2, 0) is 23.1 Å². The minimum Gasteiger partial charge on any atom is -0.355 e. The summed E-state index contributed by atoms with van der Waals surface area (Å²) in [6, 6.07) is 13.2. The quantitative estimate of drug-likeness (QED) is 0.317. The molecule has 11 nitrogen and oxygen atoms in total. The molecule has 2 aliphatic rings. The van der Waals surface area contributed by atoms with Crippen LogP contribution in [0.5, 0.6) is 0 Å². The summed E-state index contributed by atoms with van der Waals surface area (Å²) >= 11 is 0. The number of fused-ring (bicyclic) bond motifs is 2. The van der Waals surface area contributed by atoms with E-state index in [4.69, 9.17) is 10.1 Å². The van der Waals surface area contributed by atoms with Crippen LogP contribution in [0.15, 0.2) is 36.4 Å². The summed E-state index contributed by atoms with van der Waals surface area (Å²) in [6.07, 6.45) is 3.34. The van der Waals surface area contributed by atoms with Gasteiger partial charge in [-0.15, -0.1) is 0 Å². The molecular weight excluding hydrogens is 544 g/mol. The van der Waals surface area contributed by atoms with Gasteiger partial charge in [0.25, 0.3) is 11.8 Å². The maximum Gasteiger partial charge on any atom is 0.251 e. The third-order valence-electron chi connectivity index (χ3n) is 8.69. The zero-order valence-corrected chi connectivity index (χ0v) is 25.1. The van der Waals surface area contributed by atoms with E-state index >= 15 is 0 Å². The average molecular weight is 583 g/mol. The summed E-state index contributed by atoms with van der Waals surface area (Å²) in [4.78, 5) is 44.8. The van der Waals surface area contributed by atoms with Crippen molar-refractivity contribution in [2.24, 2.45) is 0 Å². The van der Waals surface area contributed by atoms with Gasteiger partial charge in [-0.3, -0.25) is 19.5 Å². The summed E-state index contributed by atoms with van der Waals surface area (Å²) in [6.45, 7) is 4.58. The first-order chi connectivity index (χ1) is 20.7. The maximum absolute atomic E-state index is 13.1. The lowest BCUT2D eigenvalue weighted by Crippen LogP contribution is -2.45. The number of aromatic nitrogens is 3. The van der Waals surface area contributed by atoms with Crippen LogP contribution < -0.4 is 16.0 Å². The highest BCUT2D eigenvalue weighted by Crippen LogP contribution is 2.47. The second-order valence-corrected chi connectivity index (χ2v) is 11.4. The number of hydrogen-bond donors (Lipinski definition) is 4. The molecule has 3 aromatic rings. The normalized spacial score (nSPS) is 17.7. The molecule has 0 spiro atoms. The summed E-state index contributed by atoms with van der Waals surface area (Å²) < 4.78 is 0. The highest BCUT2D eigenvalue weighted by molar-refractivity contribution is 5.95. The van der Waals surface area contributed by atoms with Crippen molar-refractivity contribution in [3.63, 3.8) is 0 Å². The number of nitrogens with zero attached hydrogens (tertiary/aromatic N) is 4. The molecule has 0 radical (unpaired) electrons. The standard InChI is InChI=1S/C32H38N8O3/c1-19(36-18-28(41)40-13-5-6-25(40)17-33)16-32(31-37-20(2)38-39-31)26-11-9-23(29(42)34-3)14-21(26)7-8-22-15-24(30(43)35-4)10-12-27(22)32/h9-12,14-15,19,25,36H,5-8,13,16,18H2,1-4H3,(H,34,42)(H,35,43)(H,37,38,39)/t19-,25+/m1/s1. The number of carbonyl (C=O) groups is 3. The molecule has 0 unspecified atom stereocenters. The zero-order valence-electron chi connectivity index (χ0n) is 25.1. The molecule has 5 rings (SSSR count). The van der Waals surface area contributed by atoms with Gasteiger partial charge in [0.2, 0.25) is 5.91 Å². The van der Waals surface area contributed by atoms with Crippen molar-refractivity contribution in [3.05, 3.63) is 81.4 Å². The van der Waals surface area contributed by atoms with Gasteiger partial charge >= 0.3 is 0 Å². The minimum atomic E-state index is -0.854. The fourth-order valence-electron chi connectivity index (χ4n) is 6.60. The van der Waals surface area contributed by atoms with Gasteiger partial charge in [0, 0.05) is 37.8 Å². The Kier molecular flexibility index (Phi) is 8.59. The van der Waals surface area contributed by atoms with Gasteiger partial charge in [-0.2, -0.15) is 10.4 Å². The van der Waals surface area contributed by atoms with Gasteiger partial charge in [0.15, 0.2) is 5.82 Å². The van der Waals surface area contributed by atoms with Crippen LogP contribution in [0.4, 0.5) is 0 Å². The van der Waals surface area contributed by atoms with E-state index < -0.39 is 5.41 Å². The Morgan fingerprint density at radius 2 is 1.67 bits per heavy atom. The molecule has 1 aliphatic carbocycles. The number of H-pyrrole nitrogens is 1. The number of rotatable bonds is 8. The van der Waals surface area contributed by atoms with E-state index in [2.05, 4.69) is 27.1 Å². The van der Waals surface area contributed by atoms with E-state index in [1.54, 1.807) is 19.0 Å². The topological polar surface area (TPSA) is 156 Å². The van der Waals surface area contributed by atoms with Gasteiger partial charge < -0.3 is 20.9 Å². The molecule has 0 saturated carbocycles. The van der Waals surface area contributed by atoms with E-state index in [1.165, 1.54) is 0 Å². The van der Waals surface area contributed by atoms with Crippen molar-refractivity contribution < 1.29 is 14.4 Å². The largest absolute Gasteiger partial charge is 0.355 e. The third-order valence-corrected chi connectivity index (χ3v) is 8.69. The molecule has 2 aromatic carbocycles. The predicted molar refractivity (Wildman–Crippen MR) is 161 cm³/mol. The number of aryl methyl sites for hydroxylation is 3. The Hall–Kier alpha value is -4.56. The highest BCUT2D eigenvalue weighted by Gasteiger charge is 2.45. The van der Waals surface area contributed by atoms with Crippen molar-refractivity contribution in [3.8, 4) is 6.07 Å². The minimum absolute atomic E-state index is 0.0919. The fourth-order valence-corrected chi connectivity index (χ4v) is 6.60. The lowest BCUT2D eigenvalue weighted by molar-refractivity contribution is -0.130. The Bertz CT molecular complexity index is 1520. The summed E-state index contributed by atoms with van der Waals surface area (Å²) in [5.74, 6) is 0.816. The first kappa shape index (κ1) is 29.9. The molecule has 2 heterocycles. The molecule has 4 N–H and O–H groups in total. The number of nitriles is 1. The van der Waals surface area contributed by atoms with Crippen LogP contribution in [0.1, 0.15) is 80.8 Å². The van der Waals surface area contributed by atoms with Crippen LogP contribution in [0.2, 0.25) is 0 Å². The number of amides is 3. The zero-order chi connectivity index (χ0) is 30.7. The van der Waals surface area contributed by atoms with Crippen molar-refractivity contribution >= 4 is 17.7 Å². The Balaban J connectivity index is 1.62. The van der Waals surface area contributed by atoms with Gasteiger partial charge in [-0.25, -0.2) is 4.98 Å². The first-order valence-electron chi connectivity index (χ1n) is 14.7. The molecule has 0 bridgehead atoms. The monoisotopic (exact) mass is 582 g/mol. The van der Waals surface area contributed by atoms with Crippen LogP contribution in [0.3, 0.4) is 0 Å². The van der Waals surface area contributed by atoms with Gasteiger partial charge in [0.05, 0.1) is 18.0 Å². The third kappa shape index (κ3) is 5.62. The molecule has 11 heteroatoms. The summed E-state index contributed by atoms with van der Waals surface area (Å²) in [7, 11) is 3.22. The molecular formula is C32H38N8O3. The van der Waals surface area contributed by atoms with Crippen LogP contribution >= 0.6 is 0 Å². The second-order valence-electron chi connectivity index (χ2n) is 11.4. The van der Waals surface area contributed by atoms with Crippen molar-refractivity contribution in [1.29, 1.82) is 5.26 Å². The smallest absolute Gasteiger partial charge is 0.251 e. The van der Waals surface area contributed by atoms with Crippen molar-refractivity contribution in [2.45, 2.75) is 63.5 Å². The Labute approximate surface area is 251 Å². The van der Waals surface area contributed by atoms with E-state index in [-0.39, 0.29) is 36.3 Å². The second kappa shape index (κ2) is 12.4. The van der Waals surface area contributed by atoms with Crippen molar-refractivity contribution in [2.75, 3.05) is 27.2 Å². The number of benzene rings is 2. The summed E-state index contributed by atoms with van der Waals surface area (Å²) in [5, 5.41) is 26.0. The van der Waals surface area contributed by atoms with Gasteiger partial charge in [-0.1, -0.05) is 12.1 Å². The molecule has 1 saturated heterocycles. The van der Waals surface area contributed by atoms with Crippen LogP contribution in [0, 0.1) is 18.3 Å². The molecule has 2 atom stereocenters. The average Bonchev–Trinajstić information content (AvgIpc) is 3.67. The number of carbonyl (C=O) groups excluding carboxylic acids is 3.